The molecule has 10 nitrogen and oxygen atoms in total. The van der Waals surface area contributed by atoms with E-state index >= 15 is 0 Å². The molecule has 2 aliphatic rings. The van der Waals surface area contributed by atoms with E-state index in [1.807, 2.05) is 65.3 Å². The molecule has 4 aromatic carbocycles. The van der Waals surface area contributed by atoms with Crippen molar-refractivity contribution in [1.29, 1.82) is 0 Å². The van der Waals surface area contributed by atoms with Crippen molar-refractivity contribution >= 4 is 23.1 Å². The number of aromatic hydroxyl groups is 2. The molecule has 0 radical (unpaired) electrons. The maximum Gasteiger partial charge on any atom is 0.260 e. The molecule has 3 heterocycles. The number of likely N-dealkylation sites (tertiary alicyclic amines) is 1. The van der Waals surface area contributed by atoms with Crippen molar-refractivity contribution in [3.05, 3.63) is 113 Å². The average Bonchev–Trinajstić information content (AvgIpc) is 3.70. The van der Waals surface area contributed by atoms with Crippen molar-refractivity contribution in [2.75, 3.05) is 37.9 Å². The number of fused-ring (bicyclic) bond motifs is 1. The molecule has 4 N–H and O–H groups in total. The maximum atomic E-state index is 14.1. The van der Waals surface area contributed by atoms with Crippen molar-refractivity contribution < 1.29 is 19.7 Å². The van der Waals surface area contributed by atoms with Crippen molar-refractivity contribution in [3.8, 4) is 28.5 Å². The highest BCUT2D eigenvalue weighted by Gasteiger charge is 2.29. The molecule has 10 heteroatoms. The lowest BCUT2D eigenvalue weighted by atomic mass is 10.0. The SMILES string of the molecule is COc1ccc(Cn2nc(-c3ccccc3)cc2Nc2cc(O)cc(O)c2C(=O)N2Cc3ccc(NC4CCN(C)CC4)cc3C2)cc1. The highest BCUT2D eigenvalue weighted by Crippen LogP contribution is 2.37. The van der Waals surface area contributed by atoms with Crippen LogP contribution in [0.2, 0.25) is 0 Å². The number of phenols is 2. The topological polar surface area (TPSA) is 115 Å². The maximum absolute atomic E-state index is 14.1. The van der Waals surface area contributed by atoms with E-state index in [1.54, 1.807) is 12.0 Å². The lowest BCUT2D eigenvalue weighted by Gasteiger charge is -2.30. The van der Waals surface area contributed by atoms with E-state index in [4.69, 9.17) is 9.84 Å². The van der Waals surface area contributed by atoms with Gasteiger partial charge in [-0.15, -0.1) is 0 Å². The zero-order valence-electron chi connectivity index (χ0n) is 27.2. The predicted octanol–water partition coefficient (Wildman–Crippen LogP) is 6.42. The Balaban J connectivity index is 1.15. The number of hydrogen-bond donors (Lipinski definition) is 4. The highest BCUT2D eigenvalue weighted by atomic mass is 16.5. The zero-order chi connectivity index (χ0) is 33.2. The van der Waals surface area contributed by atoms with E-state index in [0.717, 1.165) is 65.3 Å². The molecule has 48 heavy (non-hydrogen) atoms. The lowest BCUT2D eigenvalue weighted by Crippen LogP contribution is -2.36. The molecular formula is C38H40N6O4. The number of anilines is 3. The Morgan fingerprint density at radius 3 is 2.42 bits per heavy atom. The summed E-state index contributed by atoms with van der Waals surface area (Å²) in [7, 11) is 3.79. The number of benzene rings is 4. The summed E-state index contributed by atoms with van der Waals surface area (Å²) in [4.78, 5) is 18.2. The molecule has 0 aliphatic carbocycles. The van der Waals surface area contributed by atoms with Gasteiger partial charge in [-0.2, -0.15) is 5.10 Å². The molecule has 1 aromatic heterocycles. The monoisotopic (exact) mass is 644 g/mol. The van der Waals surface area contributed by atoms with Crippen molar-refractivity contribution in [2.24, 2.45) is 0 Å². The van der Waals surface area contributed by atoms with E-state index in [9.17, 15) is 15.0 Å². The van der Waals surface area contributed by atoms with E-state index in [0.29, 0.717) is 31.5 Å². The fourth-order valence-corrected chi connectivity index (χ4v) is 6.54. The fourth-order valence-electron chi connectivity index (χ4n) is 6.54. The van der Waals surface area contributed by atoms with Crippen molar-refractivity contribution in [2.45, 2.75) is 38.5 Å². The molecule has 0 atom stereocenters. The van der Waals surface area contributed by atoms with Gasteiger partial charge < -0.3 is 35.4 Å². The van der Waals surface area contributed by atoms with Crippen LogP contribution >= 0.6 is 0 Å². The summed E-state index contributed by atoms with van der Waals surface area (Å²) in [6.45, 7) is 3.43. The van der Waals surface area contributed by atoms with Crippen LogP contribution in [0.5, 0.6) is 17.2 Å². The Kier molecular flexibility index (Phi) is 8.65. The van der Waals surface area contributed by atoms with Crippen LogP contribution in [-0.2, 0) is 19.6 Å². The van der Waals surface area contributed by atoms with E-state index in [1.165, 1.54) is 12.1 Å². The van der Waals surface area contributed by atoms with Gasteiger partial charge in [0.25, 0.3) is 5.91 Å². The smallest absolute Gasteiger partial charge is 0.260 e. The molecule has 1 amide bonds. The fraction of sp³-hybridized carbons (Fsp3) is 0.263. The third-order valence-electron chi connectivity index (χ3n) is 9.23. The second-order valence-electron chi connectivity index (χ2n) is 12.7. The van der Waals surface area contributed by atoms with E-state index in [2.05, 4.69) is 40.8 Å². The highest BCUT2D eigenvalue weighted by molar-refractivity contribution is 6.03. The summed E-state index contributed by atoms with van der Waals surface area (Å²) in [5, 5.41) is 33.5. The molecule has 0 unspecified atom stereocenters. The Bertz CT molecular complexity index is 1920. The van der Waals surface area contributed by atoms with Gasteiger partial charge in [0.15, 0.2) is 0 Å². The first kappa shape index (κ1) is 31.1. The zero-order valence-corrected chi connectivity index (χ0v) is 27.2. The number of ether oxygens (including phenoxy) is 1. The summed E-state index contributed by atoms with van der Waals surface area (Å²) in [6, 6.07) is 28.9. The van der Waals surface area contributed by atoms with Gasteiger partial charge in [0.2, 0.25) is 0 Å². The summed E-state index contributed by atoms with van der Waals surface area (Å²) >= 11 is 0. The standard InChI is InChI=1S/C38H40N6O4/c1-42-16-14-29(15-17-42)39-30-11-10-27-23-43(24-28(27)18-30)38(47)37-34(19-31(45)20-35(37)46)40-36-21-33(26-6-4-3-5-7-26)41-44(36)22-25-8-12-32(48-2)13-9-25/h3-13,18-21,29,39-40,45-46H,14-17,22-24H2,1-2H3. The number of methoxy groups -OCH3 is 1. The number of amides is 1. The van der Waals surface area contributed by atoms with Gasteiger partial charge in [0.1, 0.15) is 28.6 Å². The number of piperidine rings is 1. The Morgan fingerprint density at radius 2 is 1.67 bits per heavy atom. The summed E-state index contributed by atoms with van der Waals surface area (Å²) in [5.41, 5.74) is 6.27. The van der Waals surface area contributed by atoms with Gasteiger partial charge in [-0.1, -0.05) is 48.5 Å². The molecule has 2 aliphatic heterocycles. The first-order chi connectivity index (χ1) is 23.3. The first-order valence-electron chi connectivity index (χ1n) is 16.3. The van der Waals surface area contributed by atoms with Crippen LogP contribution in [0, 0.1) is 0 Å². The number of carbonyl (C=O) groups is 1. The summed E-state index contributed by atoms with van der Waals surface area (Å²) < 4.78 is 7.13. The van der Waals surface area contributed by atoms with Gasteiger partial charge in [0, 0.05) is 48.6 Å². The molecule has 0 spiro atoms. The second-order valence-corrected chi connectivity index (χ2v) is 12.7. The van der Waals surface area contributed by atoms with Crippen LogP contribution in [0.15, 0.2) is 91.0 Å². The molecular weight excluding hydrogens is 604 g/mol. The molecule has 1 fully saturated rings. The van der Waals surface area contributed by atoms with Crippen LogP contribution in [0.4, 0.5) is 17.2 Å². The van der Waals surface area contributed by atoms with Gasteiger partial charge in [-0.25, -0.2) is 4.68 Å². The quantitative estimate of drug-likeness (QED) is 0.145. The van der Waals surface area contributed by atoms with Gasteiger partial charge in [-0.3, -0.25) is 4.79 Å². The third-order valence-corrected chi connectivity index (χ3v) is 9.23. The van der Waals surface area contributed by atoms with Crippen LogP contribution in [0.1, 0.15) is 39.9 Å². The first-order valence-corrected chi connectivity index (χ1v) is 16.3. The van der Waals surface area contributed by atoms with E-state index in [-0.39, 0.29) is 28.7 Å². The normalized spacial score (nSPS) is 14.9. The number of phenolic OH excluding ortho intramolecular Hbond substituents is 2. The van der Waals surface area contributed by atoms with Crippen LogP contribution < -0.4 is 15.4 Å². The van der Waals surface area contributed by atoms with Gasteiger partial charge in [-0.05, 0) is 73.9 Å². The Morgan fingerprint density at radius 1 is 0.917 bits per heavy atom. The summed E-state index contributed by atoms with van der Waals surface area (Å²) in [5.74, 6) is 0.561. The molecule has 0 bridgehead atoms. The Labute approximate surface area is 280 Å². The van der Waals surface area contributed by atoms with Crippen LogP contribution in [0.3, 0.4) is 0 Å². The molecule has 7 rings (SSSR count). The largest absolute Gasteiger partial charge is 0.508 e. The minimum Gasteiger partial charge on any atom is -0.508 e. The van der Waals surface area contributed by atoms with Crippen LogP contribution in [0.25, 0.3) is 11.3 Å². The minimum absolute atomic E-state index is 0.0868. The lowest BCUT2D eigenvalue weighted by molar-refractivity contribution is 0.0749. The minimum atomic E-state index is -0.333. The number of hydrogen-bond acceptors (Lipinski definition) is 8. The van der Waals surface area contributed by atoms with Gasteiger partial charge in [0.05, 0.1) is 25.0 Å². The van der Waals surface area contributed by atoms with E-state index < -0.39 is 0 Å². The molecule has 1 saturated heterocycles. The molecule has 0 saturated carbocycles. The Hall–Kier alpha value is -5.48. The number of rotatable bonds is 9. The second kappa shape index (κ2) is 13.3. The number of nitrogens with zero attached hydrogens (tertiary/aromatic N) is 4. The van der Waals surface area contributed by atoms with Crippen molar-refractivity contribution in [3.63, 3.8) is 0 Å². The number of carbonyl (C=O) groups excluding carboxylic acids is 1. The van der Waals surface area contributed by atoms with Crippen LogP contribution in [-0.4, -0.2) is 69.0 Å². The predicted molar refractivity (Wildman–Crippen MR) is 187 cm³/mol. The number of aromatic nitrogens is 2. The summed E-state index contributed by atoms with van der Waals surface area (Å²) in [6.07, 6.45) is 2.19. The molecule has 5 aromatic rings. The average molecular weight is 645 g/mol. The third kappa shape index (κ3) is 6.65. The number of nitrogens with one attached hydrogen (secondary N) is 2. The van der Waals surface area contributed by atoms with Gasteiger partial charge >= 0.3 is 0 Å². The van der Waals surface area contributed by atoms with Crippen molar-refractivity contribution in [1.82, 2.24) is 19.6 Å². The molecule has 246 valence electrons.